The second-order valence-corrected chi connectivity index (χ2v) is 6.57. The highest BCUT2D eigenvalue weighted by Gasteiger charge is 2.19. The van der Waals surface area contributed by atoms with Crippen molar-refractivity contribution in [2.45, 2.75) is 0 Å². The number of benzene rings is 2. The molecule has 1 heterocycles. The summed E-state index contributed by atoms with van der Waals surface area (Å²) >= 11 is 0. The van der Waals surface area contributed by atoms with E-state index in [1.807, 2.05) is 54.6 Å². The molecule has 0 bridgehead atoms. The second kappa shape index (κ2) is 6.16. The fourth-order valence-electron chi connectivity index (χ4n) is 1.88. The Balaban J connectivity index is 1.82. The molecule has 0 unspecified atom stereocenters. The average Bonchev–Trinajstić information content (AvgIpc) is 2.97. The third-order valence-corrected chi connectivity index (χ3v) is 5.23. The first-order valence-electron chi connectivity index (χ1n) is 6.26. The quantitative estimate of drug-likeness (QED) is 0.573. The minimum absolute atomic E-state index is 0.0968. The van der Waals surface area contributed by atoms with Gasteiger partial charge in [0, 0.05) is 10.5 Å². The van der Waals surface area contributed by atoms with Crippen LogP contribution in [0.2, 0.25) is 0 Å². The first kappa shape index (κ1) is 13.3. The molecule has 0 amide bonds. The lowest BCUT2D eigenvalue weighted by molar-refractivity contribution is 0.104. The highest BCUT2D eigenvalue weighted by atomic mass is 33.1. The Morgan fingerprint density at radius 1 is 0.850 bits per heavy atom. The first-order chi connectivity index (χ1) is 9.83. The lowest BCUT2D eigenvalue weighted by Gasteiger charge is -1.98. The van der Waals surface area contributed by atoms with Gasteiger partial charge < -0.3 is 0 Å². The van der Waals surface area contributed by atoms with Crippen LogP contribution in [0.4, 0.5) is 0 Å². The van der Waals surface area contributed by atoms with Crippen molar-refractivity contribution in [3.63, 3.8) is 0 Å². The largest absolute Gasteiger partial charge is 0.288 e. The van der Waals surface area contributed by atoms with E-state index in [9.17, 15) is 4.79 Å². The van der Waals surface area contributed by atoms with Crippen molar-refractivity contribution in [2.24, 2.45) is 0 Å². The molecule has 1 aliphatic heterocycles. The van der Waals surface area contributed by atoms with E-state index in [-0.39, 0.29) is 5.78 Å². The maximum Gasteiger partial charge on any atom is 0.200 e. The molecule has 2 aromatic carbocycles. The van der Waals surface area contributed by atoms with Gasteiger partial charge in [-0.25, -0.2) is 0 Å². The van der Waals surface area contributed by atoms with Gasteiger partial charge in [-0.1, -0.05) is 71.5 Å². The molecular formula is C17H12OS2. The third-order valence-electron chi connectivity index (χ3n) is 2.87. The van der Waals surface area contributed by atoms with Gasteiger partial charge in [0.15, 0.2) is 5.78 Å². The SMILES string of the molecule is O=C(C1=C/C(=C\c2ccccc2)SS1)c1ccccc1. The Hall–Kier alpha value is -1.71. The number of hydrogen-bond acceptors (Lipinski definition) is 3. The van der Waals surface area contributed by atoms with Crippen LogP contribution in [0, 0.1) is 0 Å². The van der Waals surface area contributed by atoms with Gasteiger partial charge in [-0.2, -0.15) is 0 Å². The number of carbonyl (C=O) groups is 1. The van der Waals surface area contributed by atoms with Crippen LogP contribution in [0.5, 0.6) is 0 Å². The van der Waals surface area contributed by atoms with Crippen molar-refractivity contribution in [2.75, 3.05) is 0 Å². The molecule has 0 fully saturated rings. The fourth-order valence-corrected chi connectivity index (χ4v) is 4.08. The summed E-state index contributed by atoms with van der Waals surface area (Å²) in [6.45, 7) is 0. The predicted octanol–water partition coefficient (Wildman–Crippen LogP) is 5.19. The van der Waals surface area contributed by atoms with E-state index in [1.54, 1.807) is 10.8 Å². The van der Waals surface area contributed by atoms with E-state index in [0.29, 0.717) is 0 Å². The maximum absolute atomic E-state index is 12.3. The maximum atomic E-state index is 12.3. The molecule has 0 atom stereocenters. The summed E-state index contributed by atoms with van der Waals surface area (Å²) in [7, 11) is 3.17. The van der Waals surface area contributed by atoms with Crippen LogP contribution < -0.4 is 0 Å². The molecule has 0 radical (unpaired) electrons. The average molecular weight is 296 g/mol. The summed E-state index contributed by atoms with van der Waals surface area (Å²) in [4.78, 5) is 14.2. The molecule has 98 valence electrons. The van der Waals surface area contributed by atoms with Crippen molar-refractivity contribution in [1.29, 1.82) is 0 Å². The molecular weight excluding hydrogens is 284 g/mol. The van der Waals surface area contributed by atoms with E-state index in [0.717, 1.165) is 20.9 Å². The van der Waals surface area contributed by atoms with Gasteiger partial charge in [0.2, 0.25) is 0 Å². The van der Waals surface area contributed by atoms with Crippen molar-refractivity contribution < 1.29 is 4.79 Å². The predicted molar refractivity (Wildman–Crippen MR) is 88.5 cm³/mol. The van der Waals surface area contributed by atoms with Gasteiger partial charge in [-0.3, -0.25) is 4.79 Å². The number of Topliss-reactive ketones (excluding diaryl/α,β-unsaturated/α-hetero) is 1. The summed E-state index contributed by atoms with van der Waals surface area (Å²) in [6.07, 6.45) is 4.07. The third kappa shape index (κ3) is 3.06. The van der Waals surface area contributed by atoms with E-state index >= 15 is 0 Å². The van der Waals surface area contributed by atoms with Gasteiger partial charge >= 0.3 is 0 Å². The van der Waals surface area contributed by atoms with Crippen LogP contribution in [0.1, 0.15) is 15.9 Å². The molecule has 3 heteroatoms. The minimum Gasteiger partial charge on any atom is -0.288 e. The van der Waals surface area contributed by atoms with Gasteiger partial charge in [0.1, 0.15) is 0 Å². The van der Waals surface area contributed by atoms with E-state index in [4.69, 9.17) is 0 Å². The Kier molecular flexibility index (Phi) is 4.09. The summed E-state index contributed by atoms with van der Waals surface area (Å²) in [6, 6.07) is 19.5. The van der Waals surface area contributed by atoms with Crippen LogP contribution in [-0.2, 0) is 0 Å². The number of allylic oxidation sites excluding steroid dienone is 2. The number of hydrogen-bond donors (Lipinski definition) is 0. The monoisotopic (exact) mass is 296 g/mol. The highest BCUT2D eigenvalue weighted by molar-refractivity contribution is 8.80. The molecule has 3 rings (SSSR count). The number of ketones is 1. The van der Waals surface area contributed by atoms with Gasteiger partial charge in [0.25, 0.3) is 0 Å². The van der Waals surface area contributed by atoms with E-state index in [1.165, 1.54) is 10.8 Å². The molecule has 1 nitrogen and oxygen atoms in total. The second-order valence-electron chi connectivity index (χ2n) is 4.33. The van der Waals surface area contributed by atoms with Crippen LogP contribution in [-0.4, -0.2) is 5.78 Å². The summed E-state index contributed by atoms with van der Waals surface area (Å²) in [5.74, 6) is 0.0968. The molecule has 0 spiro atoms. The zero-order chi connectivity index (χ0) is 13.8. The summed E-state index contributed by atoms with van der Waals surface area (Å²) < 4.78 is 0. The summed E-state index contributed by atoms with van der Waals surface area (Å²) in [5.41, 5.74) is 1.90. The molecule has 2 aromatic rings. The fraction of sp³-hybridized carbons (Fsp3) is 0. The molecule has 0 saturated carbocycles. The minimum atomic E-state index is 0.0968. The Labute approximate surface area is 126 Å². The number of carbonyl (C=O) groups excluding carboxylic acids is 1. The molecule has 0 aliphatic carbocycles. The Morgan fingerprint density at radius 3 is 2.20 bits per heavy atom. The summed E-state index contributed by atoms with van der Waals surface area (Å²) in [5, 5.41) is 0. The normalized spacial score (nSPS) is 16.2. The molecule has 0 aromatic heterocycles. The zero-order valence-corrected chi connectivity index (χ0v) is 12.3. The lowest BCUT2D eigenvalue weighted by atomic mass is 10.1. The molecule has 1 aliphatic rings. The van der Waals surface area contributed by atoms with Crippen LogP contribution in [0.3, 0.4) is 0 Å². The van der Waals surface area contributed by atoms with Gasteiger partial charge in [0.05, 0.1) is 4.91 Å². The topological polar surface area (TPSA) is 17.1 Å². The van der Waals surface area contributed by atoms with Crippen molar-refractivity contribution >= 4 is 33.4 Å². The smallest absolute Gasteiger partial charge is 0.200 e. The van der Waals surface area contributed by atoms with Gasteiger partial charge in [-0.15, -0.1) is 0 Å². The molecule has 20 heavy (non-hydrogen) atoms. The zero-order valence-electron chi connectivity index (χ0n) is 10.7. The van der Waals surface area contributed by atoms with E-state index < -0.39 is 0 Å². The lowest BCUT2D eigenvalue weighted by Crippen LogP contribution is -1.98. The standard InChI is InChI=1S/C17H12OS2/c18-17(14-9-5-2-6-10-14)16-12-15(19-20-16)11-13-7-3-1-4-8-13/h1-12H/b15-11+. The van der Waals surface area contributed by atoms with E-state index in [2.05, 4.69) is 18.2 Å². The van der Waals surface area contributed by atoms with Crippen LogP contribution in [0.15, 0.2) is 76.5 Å². The van der Waals surface area contributed by atoms with Crippen molar-refractivity contribution in [3.05, 3.63) is 87.7 Å². The Bertz CT molecular complexity index is 673. The Morgan fingerprint density at radius 2 is 1.50 bits per heavy atom. The first-order valence-corrected chi connectivity index (χ1v) is 8.40. The van der Waals surface area contributed by atoms with Crippen molar-refractivity contribution in [1.82, 2.24) is 0 Å². The number of rotatable bonds is 3. The highest BCUT2D eigenvalue weighted by Crippen LogP contribution is 2.46. The molecule has 0 N–H and O–H groups in total. The van der Waals surface area contributed by atoms with Crippen LogP contribution in [0.25, 0.3) is 6.08 Å². The molecule has 0 saturated heterocycles. The van der Waals surface area contributed by atoms with Gasteiger partial charge in [-0.05, 0) is 28.5 Å². The van der Waals surface area contributed by atoms with Crippen molar-refractivity contribution in [3.8, 4) is 0 Å². The van der Waals surface area contributed by atoms with Crippen LogP contribution >= 0.6 is 21.6 Å².